The summed E-state index contributed by atoms with van der Waals surface area (Å²) < 4.78 is 0. The molecule has 3 nitrogen and oxygen atoms in total. The highest BCUT2D eigenvalue weighted by Crippen LogP contribution is 2.16. The number of nitrogens with zero attached hydrogens (tertiary/aromatic N) is 1. The van der Waals surface area contributed by atoms with Crippen LogP contribution in [0.4, 0.5) is 0 Å². The molecule has 3 atom stereocenters. The maximum absolute atomic E-state index is 9.43. The smallest absolute Gasteiger partial charge is 0.0704 e. The molecule has 0 radical (unpaired) electrons. The first kappa shape index (κ1) is 9.96. The van der Waals surface area contributed by atoms with Gasteiger partial charge in [-0.15, -0.1) is 0 Å². The van der Waals surface area contributed by atoms with Crippen LogP contribution in [0.25, 0.3) is 0 Å². The van der Waals surface area contributed by atoms with E-state index in [1.54, 1.807) is 0 Å². The molecule has 2 unspecified atom stereocenters. The molecule has 3 heteroatoms. The van der Waals surface area contributed by atoms with Gasteiger partial charge in [0.1, 0.15) is 0 Å². The third kappa shape index (κ3) is 2.44. The van der Waals surface area contributed by atoms with Crippen LogP contribution in [-0.4, -0.2) is 47.0 Å². The van der Waals surface area contributed by atoms with Crippen molar-refractivity contribution in [3.8, 4) is 0 Å². The first-order chi connectivity index (χ1) is 5.63. The molecule has 1 heterocycles. The van der Waals surface area contributed by atoms with E-state index < -0.39 is 0 Å². The van der Waals surface area contributed by atoms with Crippen LogP contribution in [0.2, 0.25) is 0 Å². The van der Waals surface area contributed by atoms with Gasteiger partial charge in [0.2, 0.25) is 0 Å². The van der Waals surface area contributed by atoms with Crippen molar-refractivity contribution in [2.24, 2.45) is 5.92 Å². The molecule has 0 aromatic rings. The molecule has 2 N–H and O–H groups in total. The molecule has 0 aromatic carbocycles. The monoisotopic (exact) mass is 173 g/mol. The quantitative estimate of drug-likeness (QED) is 0.635. The van der Waals surface area contributed by atoms with Crippen molar-refractivity contribution in [2.45, 2.75) is 32.5 Å². The Labute approximate surface area is 74.0 Å². The molecule has 0 spiro atoms. The molecule has 1 saturated heterocycles. The summed E-state index contributed by atoms with van der Waals surface area (Å²) in [7, 11) is 0. The van der Waals surface area contributed by atoms with Crippen LogP contribution < -0.4 is 0 Å². The second-order valence-corrected chi connectivity index (χ2v) is 3.83. The number of β-amino-alcohol motifs (C(OH)–C–C–N with tert-alkyl or cyclic N) is 2. The van der Waals surface area contributed by atoms with E-state index in [1.807, 2.05) is 13.8 Å². The third-order valence-corrected chi connectivity index (χ3v) is 2.59. The van der Waals surface area contributed by atoms with Crippen molar-refractivity contribution in [3.63, 3.8) is 0 Å². The Morgan fingerprint density at radius 3 is 2.58 bits per heavy atom. The summed E-state index contributed by atoms with van der Waals surface area (Å²) in [6.07, 6.45) is 0.359. The van der Waals surface area contributed by atoms with Crippen molar-refractivity contribution in [3.05, 3.63) is 0 Å². The van der Waals surface area contributed by atoms with Gasteiger partial charge in [-0.1, -0.05) is 13.8 Å². The minimum atomic E-state index is -0.234. The highest BCUT2D eigenvalue weighted by molar-refractivity contribution is 4.81. The average Bonchev–Trinajstić information content (AvgIpc) is 2.31. The highest BCUT2D eigenvalue weighted by Gasteiger charge is 2.28. The standard InChI is InChI=1S/C9H19NO2/c1-3-8(11)5-10-4-7(2)9(12)6-10/h7-9,11-12H,3-6H2,1-2H3/t7?,8-,9?/m1/s1. The van der Waals surface area contributed by atoms with Crippen molar-refractivity contribution in [2.75, 3.05) is 19.6 Å². The van der Waals surface area contributed by atoms with Crippen LogP contribution in [0, 0.1) is 5.92 Å². The molecule has 0 amide bonds. The lowest BCUT2D eigenvalue weighted by Crippen LogP contribution is -2.30. The normalized spacial score (nSPS) is 34.0. The van der Waals surface area contributed by atoms with Crippen LogP contribution >= 0.6 is 0 Å². The summed E-state index contributed by atoms with van der Waals surface area (Å²) in [5.41, 5.74) is 0. The first-order valence-electron chi connectivity index (χ1n) is 4.72. The largest absolute Gasteiger partial charge is 0.392 e. The SMILES string of the molecule is CC[C@@H](O)CN1CC(C)C(O)C1. The minimum absolute atomic E-state index is 0.200. The fourth-order valence-electron chi connectivity index (χ4n) is 1.62. The Kier molecular flexibility index (Phi) is 3.50. The Morgan fingerprint density at radius 2 is 2.17 bits per heavy atom. The minimum Gasteiger partial charge on any atom is -0.392 e. The summed E-state index contributed by atoms with van der Waals surface area (Å²) in [6.45, 7) is 6.36. The Hall–Kier alpha value is -0.120. The van der Waals surface area contributed by atoms with Gasteiger partial charge in [0.25, 0.3) is 0 Å². The first-order valence-corrected chi connectivity index (χ1v) is 4.72. The lowest BCUT2D eigenvalue weighted by Gasteiger charge is -2.18. The summed E-state index contributed by atoms with van der Waals surface area (Å²) in [5.74, 6) is 0.356. The van der Waals surface area contributed by atoms with Gasteiger partial charge < -0.3 is 10.2 Å². The van der Waals surface area contributed by atoms with Gasteiger partial charge >= 0.3 is 0 Å². The third-order valence-electron chi connectivity index (χ3n) is 2.59. The van der Waals surface area contributed by atoms with E-state index in [2.05, 4.69) is 4.90 Å². The molecule has 0 bridgehead atoms. The Morgan fingerprint density at radius 1 is 1.50 bits per heavy atom. The van der Waals surface area contributed by atoms with E-state index >= 15 is 0 Å². The van der Waals surface area contributed by atoms with E-state index in [-0.39, 0.29) is 12.2 Å². The molecule has 72 valence electrons. The number of likely N-dealkylation sites (tertiary alicyclic amines) is 1. The maximum Gasteiger partial charge on any atom is 0.0704 e. The van der Waals surface area contributed by atoms with Crippen LogP contribution in [0.15, 0.2) is 0 Å². The van der Waals surface area contributed by atoms with Gasteiger partial charge in [0.15, 0.2) is 0 Å². The van der Waals surface area contributed by atoms with Crippen molar-refractivity contribution >= 4 is 0 Å². The second-order valence-electron chi connectivity index (χ2n) is 3.83. The molecule has 1 rings (SSSR count). The summed E-state index contributed by atoms with van der Waals surface area (Å²) >= 11 is 0. The Bertz CT molecular complexity index is 130. The maximum atomic E-state index is 9.43. The van der Waals surface area contributed by atoms with Crippen LogP contribution in [-0.2, 0) is 0 Å². The van der Waals surface area contributed by atoms with Gasteiger partial charge in [0.05, 0.1) is 12.2 Å². The number of rotatable bonds is 3. The summed E-state index contributed by atoms with van der Waals surface area (Å²) in [6, 6.07) is 0. The van der Waals surface area contributed by atoms with E-state index in [0.29, 0.717) is 12.5 Å². The predicted octanol–water partition coefficient (Wildman–Crippen LogP) is 0.0699. The van der Waals surface area contributed by atoms with Crippen molar-refractivity contribution < 1.29 is 10.2 Å². The van der Waals surface area contributed by atoms with E-state index in [1.165, 1.54) is 0 Å². The fraction of sp³-hybridized carbons (Fsp3) is 1.00. The second kappa shape index (κ2) is 4.21. The number of hydrogen-bond acceptors (Lipinski definition) is 3. The van der Waals surface area contributed by atoms with Gasteiger partial charge in [-0.2, -0.15) is 0 Å². The fourth-order valence-corrected chi connectivity index (χ4v) is 1.62. The van der Waals surface area contributed by atoms with Crippen molar-refractivity contribution in [1.29, 1.82) is 0 Å². The molecule has 12 heavy (non-hydrogen) atoms. The summed E-state index contributed by atoms with van der Waals surface area (Å²) in [5, 5.41) is 18.8. The van der Waals surface area contributed by atoms with Crippen LogP contribution in [0.3, 0.4) is 0 Å². The average molecular weight is 173 g/mol. The number of hydrogen-bond donors (Lipinski definition) is 2. The Balaban J connectivity index is 2.27. The van der Waals surface area contributed by atoms with Crippen molar-refractivity contribution in [1.82, 2.24) is 4.90 Å². The van der Waals surface area contributed by atoms with Gasteiger partial charge in [0, 0.05) is 19.6 Å². The molecule has 0 aliphatic carbocycles. The molecule has 1 fully saturated rings. The molecule has 1 aliphatic heterocycles. The van der Waals surface area contributed by atoms with Crippen LogP contribution in [0.1, 0.15) is 20.3 Å². The zero-order chi connectivity index (χ0) is 9.14. The molecular weight excluding hydrogens is 154 g/mol. The molecule has 0 aromatic heterocycles. The molecule has 0 saturated carbocycles. The van der Waals surface area contributed by atoms with E-state index in [9.17, 15) is 10.2 Å². The summed E-state index contributed by atoms with van der Waals surface area (Å²) in [4.78, 5) is 2.13. The number of aliphatic hydroxyl groups is 2. The lowest BCUT2D eigenvalue weighted by molar-refractivity contribution is 0.109. The zero-order valence-corrected chi connectivity index (χ0v) is 7.90. The van der Waals surface area contributed by atoms with E-state index in [4.69, 9.17) is 0 Å². The topological polar surface area (TPSA) is 43.7 Å². The van der Waals surface area contributed by atoms with Gasteiger partial charge in [-0.25, -0.2) is 0 Å². The number of aliphatic hydroxyl groups excluding tert-OH is 2. The zero-order valence-electron chi connectivity index (χ0n) is 7.90. The van der Waals surface area contributed by atoms with Gasteiger partial charge in [-0.3, -0.25) is 4.90 Å². The predicted molar refractivity (Wildman–Crippen MR) is 47.9 cm³/mol. The highest BCUT2D eigenvalue weighted by atomic mass is 16.3. The molecular formula is C9H19NO2. The lowest BCUT2D eigenvalue weighted by atomic mass is 10.1. The van der Waals surface area contributed by atoms with Crippen LogP contribution in [0.5, 0.6) is 0 Å². The van der Waals surface area contributed by atoms with E-state index in [0.717, 1.165) is 19.5 Å². The van der Waals surface area contributed by atoms with Gasteiger partial charge in [-0.05, 0) is 12.3 Å². The molecule has 1 aliphatic rings.